The summed E-state index contributed by atoms with van der Waals surface area (Å²) in [6.07, 6.45) is 2.45. The molecule has 0 amide bonds. The number of nitrogens with one attached hydrogen (secondary N) is 1. The molecule has 1 N–H and O–H groups in total. The maximum absolute atomic E-state index is 3.74. The van der Waals surface area contributed by atoms with Crippen LogP contribution in [0.4, 0.5) is 5.69 Å². The molecule has 2 aromatic carbocycles. The molecule has 0 fully saturated rings. The van der Waals surface area contributed by atoms with Gasteiger partial charge >= 0.3 is 0 Å². The molecular weight excluding hydrogens is 310 g/mol. The van der Waals surface area contributed by atoms with Crippen molar-refractivity contribution in [3.8, 4) is 0 Å². The van der Waals surface area contributed by atoms with E-state index in [0.717, 1.165) is 4.47 Å². The number of anilines is 1. The van der Waals surface area contributed by atoms with Gasteiger partial charge < -0.3 is 5.32 Å². The van der Waals surface area contributed by atoms with Crippen molar-refractivity contribution < 1.29 is 0 Å². The molecule has 2 heteroatoms. The molecule has 104 valence electrons. The van der Waals surface area contributed by atoms with E-state index in [4.69, 9.17) is 0 Å². The molecule has 0 saturated carbocycles. The van der Waals surface area contributed by atoms with Gasteiger partial charge in [0.15, 0.2) is 0 Å². The van der Waals surface area contributed by atoms with E-state index < -0.39 is 0 Å². The van der Waals surface area contributed by atoms with Crippen LogP contribution in [0.15, 0.2) is 46.9 Å². The third-order valence-electron chi connectivity index (χ3n) is 4.32. The first-order valence-corrected chi connectivity index (χ1v) is 8.06. The second-order valence-electron chi connectivity index (χ2n) is 5.76. The first-order valence-electron chi connectivity index (χ1n) is 7.26. The van der Waals surface area contributed by atoms with Gasteiger partial charge in [-0.15, -0.1) is 0 Å². The summed E-state index contributed by atoms with van der Waals surface area (Å²) in [6.45, 7) is 4.49. The van der Waals surface area contributed by atoms with Crippen LogP contribution in [-0.2, 0) is 0 Å². The van der Waals surface area contributed by atoms with Crippen molar-refractivity contribution in [1.82, 2.24) is 0 Å². The fourth-order valence-electron chi connectivity index (χ4n) is 3.09. The molecule has 2 aromatic rings. The smallest absolute Gasteiger partial charge is 0.0516 e. The number of fused-ring (bicyclic) bond motifs is 1. The van der Waals surface area contributed by atoms with Gasteiger partial charge in [-0.3, -0.25) is 0 Å². The topological polar surface area (TPSA) is 12.0 Å². The molecule has 3 rings (SSSR count). The van der Waals surface area contributed by atoms with E-state index in [1.54, 1.807) is 0 Å². The van der Waals surface area contributed by atoms with Crippen molar-refractivity contribution in [2.24, 2.45) is 0 Å². The summed E-state index contributed by atoms with van der Waals surface area (Å²) in [5.41, 5.74) is 5.49. The Labute approximate surface area is 129 Å². The Bertz CT molecular complexity index is 621. The van der Waals surface area contributed by atoms with Crippen LogP contribution >= 0.6 is 15.9 Å². The number of rotatable bonds is 2. The predicted molar refractivity (Wildman–Crippen MR) is 89.3 cm³/mol. The third kappa shape index (κ3) is 2.62. The van der Waals surface area contributed by atoms with E-state index in [1.807, 2.05) is 0 Å². The van der Waals surface area contributed by atoms with Crippen LogP contribution in [0.2, 0.25) is 0 Å². The number of aryl methyl sites for hydroxylation is 1. The molecule has 1 aliphatic rings. The van der Waals surface area contributed by atoms with Crippen molar-refractivity contribution in [1.29, 1.82) is 0 Å². The molecule has 2 atom stereocenters. The largest absolute Gasteiger partial charge is 0.378 e. The molecule has 0 spiro atoms. The molecule has 1 nitrogen and oxygen atoms in total. The average molecular weight is 330 g/mol. The van der Waals surface area contributed by atoms with E-state index in [0.29, 0.717) is 12.0 Å². The number of halogens is 1. The predicted octanol–water partition coefficient (Wildman–Crippen LogP) is 5.81. The highest BCUT2D eigenvalue weighted by atomic mass is 79.9. The van der Waals surface area contributed by atoms with Gasteiger partial charge in [0.1, 0.15) is 0 Å². The normalized spacial score (nSPS) is 21.4. The van der Waals surface area contributed by atoms with Crippen molar-refractivity contribution in [3.63, 3.8) is 0 Å². The van der Waals surface area contributed by atoms with E-state index in [1.165, 1.54) is 35.2 Å². The lowest BCUT2D eigenvalue weighted by Gasteiger charge is -2.31. The summed E-state index contributed by atoms with van der Waals surface area (Å²) >= 11 is 3.56. The maximum atomic E-state index is 3.74. The van der Waals surface area contributed by atoms with E-state index in [2.05, 4.69) is 77.6 Å². The fraction of sp³-hybridized carbons (Fsp3) is 0.333. The Morgan fingerprint density at radius 1 is 1.05 bits per heavy atom. The Balaban J connectivity index is 1.92. The lowest BCUT2D eigenvalue weighted by molar-refractivity contribution is 0.534. The van der Waals surface area contributed by atoms with Crippen LogP contribution in [0.1, 0.15) is 48.4 Å². The molecule has 1 aliphatic carbocycles. The highest BCUT2D eigenvalue weighted by Crippen LogP contribution is 2.39. The van der Waals surface area contributed by atoms with Gasteiger partial charge in [-0.25, -0.2) is 0 Å². The summed E-state index contributed by atoms with van der Waals surface area (Å²) in [5.74, 6) is 0.674. The van der Waals surface area contributed by atoms with Gasteiger partial charge in [0.25, 0.3) is 0 Å². The summed E-state index contributed by atoms with van der Waals surface area (Å²) < 4.78 is 1.13. The molecule has 2 unspecified atom stereocenters. The molecule has 0 heterocycles. The Morgan fingerprint density at radius 2 is 1.80 bits per heavy atom. The molecule has 0 aromatic heterocycles. The SMILES string of the molecule is Cc1ccc(Br)cc1NC1CCC(C)c2ccccc21. The van der Waals surface area contributed by atoms with Crippen molar-refractivity contribution >= 4 is 21.6 Å². The Hall–Kier alpha value is -1.28. The number of hydrogen-bond donors (Lipinski definition) is 1. The van der Waals surface area contributed by atoms with Crippen LogP contribution in [0.5, 0.6) is 0 Å². The lowest BCUT2D eigenvalue weighted by Crippen LogP contribution is -2.19. The third-order valence-corrected chi connectivity index (χ3v) is 4.81. The highest BCUT2D eigenvalue weighted by Gasteiger charge is 2.24. The summed E-state index contributed by atoms with van der Waals surface area (Å²) in [7, 11) is 0. The first-order chi connectivity index (χ1) is 9.65. The van der Waals surface area contributed by atoms with Gasteiger partial charge in [0.05, 0.1) is 6.04 Å². The van der Waals surface area contributed by atoms with Crippen LogP contribution in [0, 0.1) is 6.92 Å². The Kier molecular flexibility index (Phi) is 3.84. The van der Waals surface area contributed by atoms with Gasteiger partial charge in [-0.2, -0.15) is 0 Å². The van der Waals surface area contributed by atoms with Crippen LogP contribution in [-0.4, -0.2) is 0 Å². The van der Waals surface area contributed by atoms with Crippen molar-refractivity contribution in [3.05, 3.63) is 63.6 Å². The van der Waals surface area contributed by atoms with Crippen molar-refractivity contribution in [2.75, 3.05) is 5.32 Å². The van der Waals surface area contributed by atoms with E-state index in [9.17, 15) is 0 Å². The minimum atomic E-state index is 0.426. The second-order valence-corrected chi connectivity index (χ2v) is 6.68. The van der Waals surface area contributed by atoms with E-state index >= 15 is 0 Å². The minimum Gasteiger partial charge on any atom is -0.378 e. The highest BCUT2D eigenvalue weighted by molar-refractivity contribution is 9.10. The molecular formula is C18H20BrN. The van der Waals surface area contributed by atoms with Gasteiger partial charge in [-0.05, 0) is 54.5 Å². The number of benzene rings is 2. The monoisotopic (exact) mass is 329 g/mol. The van der Waals surface area contributed by atoms with Crippen LogP contribution < -0.4 is 5.32 Å². The molecule has 0 radical (unpaired) electrons. The Morgan fingerprint density at radius 3 is 2.60 bits per heavy atom. The zero-order valence-electron chi connectivity index (χ0n) is 12.0. The first kappa shape index (κ1) is 13.7. The summed E-state index contributed by atoms with van der Waals surface area (Å²) in [6, 6.07) is 15.7. The van der Waals surface area contributed by atoms with Gasteiger partial charge in [0, 0.05) is 10.2 Å². The second kappa shape index (κ2) is 5.61. The van der Waals surface area contributed by atoms with Gasteiger partial charge in [-0.1, -0.05) is 53.2 Å². The minimum absolute atomic E-state index is 0.426. The molecule has 20 heavy (non-hydrogen) atoms. The van der Waals surface area contributed by atoms with Crippen LogP contribution in [0.25, 0.3) is 0 Å². The molecule has 0 aliphatic heterocycles. The summed E-state index contributed by atoms with van der Waals surface area (Å²) in [5, 5.41) is 3.74. The standard InChI is InChI=1S/C18H20BrN/c1-12-8-10-17(16-6-4-3-5-15(12)16)20-18-11-14(19)9-7-13(18)2/h3-7,9,11-12,17,20H,8,10H2,1-2H3. The number of hydrogen-bond acceptors (Lipinski definition) is 1. The van der Waals surface area contributed by atoms with Crippen LogP contribution in [0.3, 0.4) is 0 Å². The zero-order valence-corrected chi connectivity index (χ0v) is 13.6. The lowest BCUT2D eigenvalue weighted by atomic mass is 9.81. The maximum Gasteiger partial charge on any atom is 0.0516 e. The molecule has 0 saturated heterocycles. The molecule has 0 bridgehead atoms. The van der Waals surface area contributed by atoms with Gasteiger partial charge in [0.2, 0.25) is 0 Å². The van der Waals surface area contributed by atoms with E-state index in [-0.39, 0.29) is 0 Å². The average Bonchev–Trinajstić information content (AvgIpc) is 2.46. The quantitative estimate of drug-likeness (QED) is 0.733. The fourth-order valence-corrected chi connectivity index (χ4v) is 3.45. The summed E-state index contributed by atoms with van der Waals surface area (Å²) in [4.78, 5) is 0. The van der Waals surface area contributed by atoms with Crippen molar-refractivity contribution in [2.45, 2.75) is 38.6 Å². The zero-order chi connectivity index (χ0) is 14.1.